The quantitative estimate of drug-likeness (QED) is 0.893. The van der Waals surface area contributed by atoms with Crippen molar-refractivity contribution in [2.24, 2.45) is 0 Å². The summed E-state index contributed by atoms with van der Waals surface area (Å²) >= 11 is 6.35. The summed E-state index contributed by atoms with van der Waals surface area (Å²) in [6.07, 6.45) is 0. The van der Waals surface area contributed by atoms with Gasteiger partial charge in [0.25, 0.3) is 5.97 Å². The Morgan fingerprint density at radius 1 is 1.08 bits per heavy atom. The van der Waals surface area contributed by atoms with Crippen molar-refractivity contribution in [3.63, 3.8) is 0 Å². The fraction of sp³-hybridized carbons (Fsp3) is 0.316. The summed E-state index contributed by atoms with van der Waals surface area (Å²) in [6.45, 7) is 6.44. The van der Waals surface area contributed by atoms with Crippen LogP contribution in [0.25, 0.3) is 11.1 Å². The SMILES string of the molecule is CC(=O)O.Clc1ccccc1-c1ccccc1CN1CCNCC1. The van der Waals surface area contributed by atoms with E-state index < -0.39 is 5.97 Å². The number of carboxylic acid groups (broad SMARTS) is 1. The molecule has 2 aromatic rings. The Morgan fingerprint density at radius 2 is 1.62 bits per heavy atom. The van der Waals surface area contributed by atoms with Crippen molar-refractivity contribution in [3.05, 3.63) is 59.1 Å². The van der Waals surface area contributed by atoms with E-state index in [-0.39, 0.29) is 0 Å². The van der Waals surface area contributed by atoms with Crippen LogP contribution in [-0.4, -0.2) is 42.2 Å². The van der Waals surface area contributed by atoms with Crippen LogP contribution in [0.15, 0.2) is 48.5 Å². The number of nitrogens with one attached hydrogen (secondary N) is 1. The summed E-state index contributed by atoms with van der Waals surface area (Å²) in [4.78, 5) is 11.5. The van der Waals surface area contributed by atoms with Gasteiger partial charge in [-0.1, -0.05) is 54.1 Å². The topological polar surface area (TPSA) is 52.6 Å². The molecule has 1 saturated heterocycles. The third-order valence-electron chi connectivity index (χ3n) is 3.78. The van der Waals surface area contributed by atoms with Crippen molar-refractivity contribution in [3.8, 4) is 11.1 Å². The molecule has 0 saturated carbocycles. The summed E-state index contributed by atoms with van der Waals surface area (Å²) in [5.74, 6) is -0.833. The fourth-order valence-corrected chi connectivity index (χ4v) is 2.95. The Morgan fingerprint density at radius 3 is 2.25 bits per heavy atom. The van der Waals surface area contributed by atoms with Gasteiger partial charge in [-0.2, -0.15) is 0 Å². The molecule has 0 aliphatic carbocycles. The first-order chi connectivity index (χ1) is 11.6. The van der Waals surface area contributed by atoms with Crippen molar-refractivity contribution in [2.75, 3.05) is 26.2 Å². The summed E-state index contributed by atoms with van der Waals surface area (Å²) in [5, 5.41) is 11.6. The molecule has 3 rings (SSSR count). The molecule has 1 heterocycles. The molecule has 4 nitrogen and oxygen atoms in total. The van der Waals surface area contributed by atoms with Crippen LogP contribution in [0.2, 0.25) is 5.02 Å². The normalized spacial score (nSPS) is 14.6. The molecule has 2 aromatic carbocycles. The highest BCUT2D eigenvalue weighted by Gasteiger charge is 2.13. The molecule has 0 bridgehead atoms. The molecular formula is C19H23ClN2O2. The molecule has 5 heteroatoms. The van der Waals surface area contributed by atoms with Gasteiger partial charge in [0.1, 0.15) is 0 Å². The first-order valence-electron chi connectivity index (χ1n) is 8.03. The van der Waals surface area contributed by atoms with E-state index in [1.54, 1.807) is 0 Å². The minimum absolute atomic E-state index is 0.820. The second kappa shape index (κ2) is 9.42. The number of hydrogen-bond donors (Lipinski definition) is 2. The highest BCUT2D eigenvalue weighted by Crippen LogP contribution is 2.30. The smallest absolute Gasteiger partial charge is 0.300 e. The molecule has 0 aromatic heterocycles. The Labute approximate surface area is 148 Å². The molecular weight excluding hydrogens is 324 g/mol. The zero-order chi connectivity index (χ0) is 17.4. The Hall–Kier alpha value is -1.88. The molecule has 0 unspecified atom stereocenters. The van der Waals surface area contributed by atoms with Gasteiger partial charge in [0.05, 0.1) is 0 Å². The number of nitrogens with zero attached hydrogens (tertiary/aromatic N) is 1. The largest absolute Gasteiger partial charge is 0.481 e. The molecule has 0 amide bonds. The van der Waals surface area contributed by atoms with Gasteiger partial charge in [-0.3, -0.25) is 9.69 Å². The Bertz CT molecular complexity index is 666. The van der Waals surface area contributed by atoms with E-state index in [1.807, 2.05) is 18.2 Å². The number of aliphatic carboxylic acids is 1. The lowest BCUT2D eigenvalue weighted by Crippen LogP contribution is -2.42. The molecule has 1 aliphatic rings. The van der Waals surface area contributed by atoms with E-state index in [4.69, 9.17) is 21.5 Å². The predicted molar refractivity (Wildman–Crippen MR) is 98.3 cm³/mol. The third kappa shape index (κ3) is 5.64. The van der Waals surface area contributed by atoms with Gasteiger partial charge in [0.15, 0.2) is 0 Å². The Kier molecular flexibility index (Phi) is 7.25. The van der Waals surface area contributed by atoms with Gasteiger partial charge in [0.2, 0.25) is 0 Å². The lowest BCUT2D eigenvalue weighted by molar-refractivity contribution is -0.134. The molecule has 1 fully saturated rings. The van der Waals surface area contributed by atoms with Crippen LogP contribution in [0.3, 0.4) is 0 Å². The molecule has 0 radical (unpaired) electrons. The lowest BCUT2D eigenvalue weighted by atomic mass is 9.99. The maximum Gasteiger partial charge on any atom is 0.300 e. The van der Waals surface area contributed by atoms with E-state index in [0.29, 0.717) is 0 Å². The first kappa shape index (κ1) is 18.5. The van der Waals surface area contributed by atoms with Gasteiger partial charge in [-0.25, -0.2) is 0 Å². The highest BCUT2D eigenvalue weighted by atomic mass is 35.5. The van der Waals surface area contributed by atoms with E-state index in [1.165, 1.54) is 11.1 Å². The van der Waals surface area contributed by atoms with Gasteiger partial charge < -0.3 is 10.4 Å². The Balaban J connectivity index is 0.000000471. The predicted octanol–water partition coefficient (Wildman–Crippen LogP) is 3.50. The maximum absolute atomic E-state index is 9.00. The van der Waals surface area contributed by atoms with E-state index in [0.717, 1.165) is 50.2 Å². The van der Waals surface area contributed by atoms with Gasteiger partial charge in [0, 0.05) is 50.2 Å². The van der Waals surface area contributed by atoms with Crippen molar-refractivity contribution in [1.82, 2.24) is 10.2 Å². The van der Waals surface area contributed by atoms with Crippen LogP contribution in [0.4, 0.5) is 0 Å². The average molecular weight is 347 g/mol. The number of carbonyl (C=O) groups is 1. The van der Waals surface area contributed by atoms with E-state index in [9.17, 15) is 0 Å². The molecule has 24 heavy (non-hydrogen) atoms. The average Bonchev–Trinajstić information content (AvgIpc) is 2.57. The monoisotopic (exact) mass is 346 g/mol. The minimum atomic E-state index is -0.833. The molecule has 0 spiro atoms. The summed E-state index contributed by atoms with van der Waals surface area (Å²) < 4.78 is 0. The third-order valence-corrected chi connectivity index (χ3v) is 4.11. The number of benzene rings is 2. The van der Waals surface area contributed by atoms with Crippen LogP contribution in [0.5, 0.6) is 0 Å². The summed E-state index contributed by atoms with van der Waals surface area (Å²) in [5.41, 5.74) is 3.72. The number of piperazine rings is 1. The van der Waals surface area contributed by atoms with Crippen molar-refractivity contribution in [1.29, 1.82) is 0 Å². The van der Waals surface area contributed by atoms with Crippen molar-refractivity contribution < 1.29 is 9.90 Å². The van der Waals surface area contributed by atoms with E-state index in [2.05, 4.69) is 40.5 Å². The first-order valence-corrected chi connectivity index (χ1v) is 8.41. The van der Waals surface area contributed by atoms with E-state index >= 15 is 0 Å². The second-order valence-electron chi connectivity index (χ2n) is 5.68. The molecule has 128 valence electrons. The van der Waals surface area contributed by atoms with Gasteiger partial charge in [-0.15, -0.1) is 0 Å². The zero-order valence-corrected chi connectivity index (χ0v) is 14.6. The second-order valence-corrected chi connectivity index (χ2v) is 6.09. The van der Waals surface area contributed by atoms with Gasteiger partial charge in [-0.05, 0) is 17.2 Å². The number of hydrogen-bond acceptors (Lipinski definition) is 3. The molecule has 2 N–H and O–H groups in total. The fourth-order valence-electron chi connectivity index (χ4n) is 2.71. The van der Waals surface area contributed by atoms with Crippen LogP contribution in [0, 0.1) is 0 Å². The highest BCUT2D eigenvalue weighted by molar-refractivity contribution is 6.33. The number of halogens is 1. The minimum Gasteiger partial charge on any atom is -0.481 e. The number of rotatable bonds is 3. The van der Waals surface area contributed by atoms with Crippen LogP contribution >= 0.6 is 11.6 Å². The lowest BCUT2D eigenvalue weighted by Gasteiger charge is -2.28. The van der Waals surface area contributed by atoms with Crippen LogP contribution < -0.4 is 5.32 Å². The standard InChI is InChI=1S/C17H19ClN2.C2H4O2/c18-17-8-4-3-7-16(17)15-6-2-1-5-14(15)13-20-11-9-19-10-12-20;1-2(3)4/h1-8,19H,9-13H2;1H3,(H,3,4). The molecule has 0 atom stereocenters. The molecule has 1 aliphatic heterocycles. The van der Waals surface area contributed by atoms with Crippen molar-refractivity contribution in [2.45, 2.75) is 13.5 Å². The maximum atomic E-state index is 9.00. The summed E-state index contributed by atoms with van der Waals surface area (Å²) in [6, 6.07) is 16.6. The summed E-state index contributed by atoms with van der Waals surface area (Å²) in [7, 11) is 0. The van der Waals surface area contributed by atoms with Crippen molar-refractivity contribution >= 4 is 17.6 Å². The van der Waals surface area contributed by atoms with Crippen LogP contribution in [-0.2, 0) is 11.3 Å². The van der Waals surface area contributed by atoms with Gasteiger partial charge >= 0.3 is 0 Å². The number of carboxylic acids is 1. The van der Waals surface area contributed by atoms with Crippen LogP contribution in [0.1, 0.15) is 12.5 Å². The zero-order valence-electron chi connectivity index (χ0n) is 13.8.